The fourth-order valence-electron chi connectivity index (χ4n) is 4.98. The Morgan fingerprint density at radius 3 is 2.53 bits per heavy atom. The number of hydrogen-bond acceptors (Lipinski definition) is 4. The standard InChI is InChI=1S/C23H35N5O2/c1-5-16(6-2)22(29)26-10-7-17(8-11-26)20-13-21-24-19-9-12-27(15(3)4)14-18(19)23(30)28(21)25-20/h13,15-17,25H,5-12,14H2,1-4H3. The van der Waals surface area contributed by atoms with E-state index in [1.54, 1.807) is 4.52 Å². The highest BCUT2D eigenvalue weighted by atomic mass is 16.2. The fraction of sp³-hybridized carbons (Fsp3) is 0.696. The van der Waals surface area contributed by atoms with Crippen LogP contribution < -0.4 is 5.56 Å². The first-order chi connectivity index (χ1) is 14.4. The molecule has 0 aromatic carbocycles. The molecule has 4 rings (SSSR count). The van der Waals surface area contributed by atoms with Crippen molar-refractivity contribution in [3.8, 4) is 0 Å². The van der Waals surface area contributed by atoms with Gasteiger partial charge in [-0.1, -0.05) is 13.8 Å². The van der Waals surface area contributed by atoms with Crippen LogP contribution in [0.1, 0.15) is 76.2 Å². The number of carbonyl (C=O) groups is 1. The maximum absolute atomic E-state index is 13.1. The summed E-state index contributed by atoms with van der Waals surface area (Å²) in [6.45, 7) is 11.7. The molecule has 2 aliphatic rings. The van der Waals surface area contributed by atoms with E-state index in [4.69, 9.17) is 4.98 Å². The van der Waals surface area contributed by atoms with Crippen LogP contribution in [0.25, 0.3) is 5.65 Å². The zero-order valence-corrected chi connectivity index (χ0v) is 18.8. The normalized spacial score (nSPS) is 18.5. The number of likely N-dealkylation sites (tertiary alicyclic amines) is 1. The van der Waals surface area contributed by atoms with Gasteiger partial charge in [-0.25, -0.2) is 9.50 Å². The number of nitrogens with zero attached hydrogens (tertiary/aromatic N) is 4. The third kappa shape index (κ3) is 3.80. The van der Waals surface area contributed by atoms with Gasteiger partial charge in [0.1, 0.15) is 0 Å². The molecule has 7 nitrogen and oxygen atoms in total. The fourth-order valence-corrected chi connectivity index (χ4v) is 4.98. The molecule has 0 unspecified atom stereocenters. The Kier molecular flexibility index (Phi) is 6.00. The largest absolute Gasteiger partial charge is 0.342 e. The second-order valence-electron chi connectivity index (χ2n) is 9.17. The summed E-state index contributed by atoms with van der Waals surface area (Å²) >= 11 is 0. The predicted molar refractivity (Wildman–Crippen MR) is 118 cm³/mol. The van der Waals surface area contributed by atoms with Gasteiger partial charge in [0, 0.05) is 62.2 Å². The summed E-state index contributed by atoms with van der Waals surface area (Å²) in [6.07, 6.45) is 4.49. The molecule has 7 heteroatoms. The van der Waals surface area contributed by atoms with Gasteiger partial charge in [0.05, 0.1) is 11.3 Å². The van der Waals surface area contributed by atoms with Crippen LogP contribution in [0, 0.1) is 5.92 Å². The van der Waals surface area contributed by atoms with Crippen LogP contribution in [0.15, 0.2) is 10.9 Å². The van der Waals surface area contributed by atoms with Crippen LogP contribution in [0.4, 0.5) is 0 Å². The third-order valence-electron chi connectivity index (χ3n) is 7.12. The summed E-state index contributed by atoms with van der Waals surface area (Å²) in [7, 11) is 0. The molecule has 1 N–H and O–H groups in total. The van der Waals surface area contributed by atoms with Gasteiger partial charge < -0.3 is 4.90 Å². The van der Waals surface area contributed by atoms with Gasteiger partial charge in [-0.2, -0.15) is 0 Å². The summed E-state index contributed by atoms with van der Waals surface area (Å²) in [5.74, 6) is 0.783. The number of aromatic nitrogens is 3. The zero-order valence-electron chi connectivity index (χ0n) is 18.8. The van der Waals surface area contributed by atoms with Gasteiger partial charge in [-0.3, -0.25) is 19.6 Å². The monoisotopic (exact) mass is 413 g/mol. The van der Waals surface area contributed by atoms with Crippen molar-refractivity contribution >= 4 is 11.6 Å². The summed E-state index contributed by atoms with van der Waals surface area (Å²) in [6, 6.07) is 2.46. The summed E-state index contributed by atoms with van der Waals surface area (Å²) in [5, 5.41) is 3.34. The number of piperidine rings is 1. The number of carbonyl (C=O) groups excluding carboxylic acids is 1. The quantitative estimate of drug-likeness (QED) is 0.818. The third-order valence-corrected chi connectivity index (χ3v) is 7.12. The Morgan fingerprint density at radius 1 is 1.20 bits per heavy atom. The lowest BCUT2D eigenvalue weighted by molar-refractivity contribution is -0.136. The van der Waals surface area contributed by atoms with Crippen molar-refractivity contribution in [1.29, 1.82) is 0 Å². The molecule has 1 saturated heterocycles. The van der Waals surface area contributed by atoms with Crippen LogP contribution in [0.5, 0.6) is 0 Å². The van der Waals surface area contributed by atoms with Crippen molar-refractivity contribution in [2.24, 2.45) is 5.92 Å². The first kappa shape index (κ1) is 21.1. The minimum Gasteiger partial charge on any atom is -0.342 e. The average molecular weight is 414 g/mol. The number of H-pyrrole nitrogens is 1. The van der Waals surface area contributed by atoms with Crippen LogP contribution in [0.3, 0.4) is 0 Å². The lowest BCUT2D eigenvalue weighted by atomic mass is 9.92. The van der Waals surface area contributed by atoms with Gasteiger partial charge in [0.15, 0.2) is 5.65 Å². The summed E-state index contributed by atoms with van der Waals surface area (Å²) < 4.78 is 1.62. The van der Waals surface area contributed by atoms with Gasteiger partial charge in [-0.05, 0) is 39.5 Å². The van der Waals surface area contributed by atoms with Crippen molar-refractivity contribution < 1.29 is 4.79 Å². The SMILES string of the molecule is CCC(CC)C(=O)N1CCC(c2cc3nc4c(c(=O)n3[nH]2)CN(C(C)C)CC4)CC1. The Labute approximate surface area is 178 Å². The molecule has 0 saturated carbocycles. The van der Waals surface area contributed by atoms with E-state index < -0.39 is 0 Å². The number of fused-ring (bicyclic) bond motifs is 2. The maximum atomic E-state index is 13.1. The van der Waals surface area contributed by atoms with E-state index in [-0.39, 0.29) is 11.5 Å². The zero-order chi connectivity index (χ0) is 21.4. The Bertz CT molecular complexity index is 964. The van der Waals surface area contributed by atoms with E-state index in [2.05, 4.69) is 37.7 Å². The van der Waals surface area contributed by atoms with Gasteiger partial charge >= 0.3 is 0 Å². The van der Waals surface area contributed by atoms with Crippen molar-refractivity contribution in [3.63, 3.8) is 0 Å². The molecule has 2 aromatic rings. The molecule has 164 valence electrons. The van der Waals surface area contributed by atoms with E-state index >= 15 is 0 Å². The molecule has 30 heavy (non-hydrogen) atoms. The highest BCUT2D eigenvalue weighted by molar-refractivity contribution is 5.78. The van der Waals surface area contributed by atoms with Crippen LogP contribution >= 0.6 is 0 Å². The molecule has 0 atom stereocenters. The predicted octanol–water partition coefficient (Wildman–Crippen LogP) is 2.93. The Balaban J connectivity index is 1.52. The summed E-state index contributed by atoms with van der Waals surface area (Å²) in [5.41, 5.74) is 3.60. The van der Waals surface area contributed by atoms with Crippen LogP contribution in [-0.2, 0) is 17.8 Å². The van der Waals surface area contributed by atoms with Gasteiger partial charge in [0.25, 0.3) is 5.56 Å². The number of rotatable bonds is 5. The van der Waals surface area contributed by atoms with E-state index in [1.165, 1.54) is 0 Å². The average Bonchev–Trinajstić information content (AvgIpc) is 3.19. The first-order valence-corrected chi connectivity index (χ1v) is 11.6. The first-order valence-electron chi connectivity index (χ1n) is 11.6. The molecule has 0 aliphatic carbocycles. The Hall–Kier alpha value is -2.15. The van der Waals surface area contributed by atoms with Crippen molar-refractivity contribution in [3.05, 3.63) is 33.4 Å². The highest BCUT2D eigenvalue weighted by Gasteiger charge is 2.29. The second kappa shape index (κ2) is 8.53. The topological polar surface area (TPSA) is 73.7 Å². The van der Waals surface area contributed by atoms with E-state index in [0.29, 0.717) is 24.4 Å². The summed E-state index contributed by atoms with van der Waals surface area (Å²) in [4.78, 5) is 35.0. The molecule has 2 aliphatic heterocycles. The lowest BCUT2D eigenvalue weighted by Crippen LogP contribution is -2.41. The van der Waals surface area contributed by atoms with E-state index in [1.807, 2.05) is 11.0 Å². The van der Waals surface area contributed by atoms with E-state index in [9.17, 15) is 9.59 Å². The Morgan fingerprint density at radius 2 is 1.90 bits per heavy atom. The van der Waals surface area contributed by atoms with Crippen LogP contribution in [0.2, 0.25) is 0 Å². The minimum absolute atomic E-state index is 0.0351. The number of nitrogens with one attached hydrogen (secondary N) is 1. The molecular formula is C23H35N5O2. The molecule has 0 spiro atoms. The van der Waals surface area contributed by atoms with E-state index in [0.717, 1.165) is 74.3 Å². The van der Waals surface area contributed by atoms with Gasteiger partial charge in [-0.15, -0.1) is 0 Å². The smallest absolute Gasteiger partial charge is 0.277 e. The molecule has 0 bridgehead atoms. The van der Waals surface area contributed by atoms with Gasteiger partial charge in [0.2, 0.25) is 5.91 Å². The van der Waals surface area contributed by atoms with Crippen molar-refractivity contribution in [1.82, 2.24) is 24.4 Å². The minimum atomic E-state index is 0.0351. The van der Waals surface area contributed by atoms with Crippen molar-refractivity contribution in [2.45, 2.75) is 78.3 Å². The maximum Gasteiger partial charge on any atom is 0.277 e. The molecular weight excluding hydrogens is 378 g/mol. The molecule has 1 fully saturated rings. The number of amides is 1. The second-order valence-corrected chi connectivity index (χ2v) is 9.17. The number of hydrogen-bond donors (Lipinski definition) is 1. The van der Waals surface area contributed by atoms with Crippen molar-refractivity contribution in [2.75, 3.05) is 19.6 Å². The highest BCUT2D eigenvalue weighted by Crippen LogP contribution is 2.29. The van der Waals surface area contributed by atoms with Crippen LogP contribution in [-0.4, -0.2) is 56.0 Å². The molecule has 1 amide bonds. The number of aromatic amines is 1. The molecule has 2 aromatic heterocycles. The molecule has 0 radical (unpaired) electrons. The molecule has 4 heterocycles. The lowest BCUT2D eigenvalue weighted by Gasteiger charge is -2.33.